The second kappa shape index (κ2) is 10.7. The zero-order valence-electron chi connectivity index (χ0n) is 16.9. The van der Waals surface area contributed by atoms with E-state index in [0.29, 0.717) is 36.0 Å². The lowest BCUT2D eigenvalue weighted by Crippen LogP contribution is -2.16. The molecule has 0 heterocycles. The summed E-state index contributed by atoms with van der Waals surface area (Å²) in [7, 11) is 0. The molecule has 0 radical (unpaired) electrons. The maximum atomic E-state index is 12.8. The van der Waals surface area contributed by atoms with Crippen LogP contribution in [-0.2, 0) is 0 Å². The van der Waals surface area contributed by atoms with Crippen molar-refractivity contribution in [3.05, 3.63) is 82.8 Å². The van der Waals surface area contributed by atoms with Crippen molar-refractivity contribution in [2.45, 2.75) is 20.0 Å². The minimum Gasteiger partial charge on any atom is -0.490 e. The molecule has 156 valence electrons. The summed E-state index contributed by atoms with van der Waals surface area (Å²) in [6.45, 7) is 4.66. The third-order valence-electron chi connectivity index (χ3n) is 4.00. The average molecular weight is 470 g/mol. The normalized spacial score (nSPS) is 10.5. The molecule has 3 aromatic carbocycles. The van der Waals surface area contributed by atoms with E-state index < -0.39 is 0 Å². The lowest BCUT2D eigenvalue weighted by molar-refractivity contribution is 0.102. The van der Waals surface area contributed by atoms with Gasteiger partial charge < -0.3 is 19.5 Å². The Bertz CT molecular complexity index is 976. The van der Waals surface area contributed by atoms with Crippen LogP contribution < -0.4 is 19.5 Å². The maximum Gasteiger partial charge on any atom is 0.259 e. The second-order valence-electron chi connectivity index (χ2n) is 6.80. The number of hydrogen-bond donors (Lipinski definition) is 1. The third kappa shape index (κ3) is 6.52. The molecule has 0 saturated heterocycles. The van der Waals surface area contributed by atoms with E-state index in [1.807, 2.05) is 68.4 Å². The van der Waals surface area contributed by atoms with Crippen molar-refractivity contribution in [1.29, 1.82) is 0 Å². The number of para-hydroxylation sites is 1. The van der Waals surface area contributed by atoms with Gasteiger partial charge in [-0.2, -0.15) is 0 Å². The highest BCUT2D eigenvalue weighted by molar-refractivity contribution is 9.10. The average Bonchev–Trinajstić information content (AvgIpc) is 2.73. The molecule has 3 aromatic rings. The van der Waals surface area contributed by atoms with Crippen LogP contribution >= 0.6 is 15.9 Å². The van der Waals surface area contributed by atoms with E-state index in [1.165, 1.54) is 0 Å². The molecule has 0 aliphatic heterocycles. The number of halogens is 1. The number of benzene rings is 3. The van der Waals surface area contributed by atoms with Gasteiger partial charge in [0.2, 0.25) is 0 Å². The summed E-state index contributed by atoms with van der Waals surface area (Å²) >= 11 is 3.41. The molecule has 0 saturated carbocycles. The fourth-order valence-electron chi connectivity index (χ4n) is 2.73. The minimum atomic E-state index is -0.253. The van der Waals surface area contributed by atoms with Gasteiger partial charge in [-0.15, -0.1) is 0 Å². The van der Waals surface area contributed by atoms with Crippen molar-refractivity contribution in [1.82, 2.24) is 0 Å². The van der Waals surface area contributed by atoms with E-state index >= 15 is 0 Å². The van der Waals surface area contributed by atoms with Crippen LogP contribution in [0.25, 0.3) is 0 Å². The molecule has 30 heavy (non-hydrogen) atoms. The van der Waals surface area contributed by atoms with Gasteiger partial charge in [0.05, 0.1) is 11.7 Å². The Labute approximate surface area is 185 Å². The molecule has 0 aliphatic carbocycles. The van der Waals surface area contributed by atoms with Gasteiger partial charge in [0.15, 0.2) is 0 Å². The summed E-state index contributed by atoms with van der Waals surface area (Å²) in [5.74, 6) is 1.74. The Morgan fingerprint density at radius 3 is 2.33 bits per heavy atom. The van der Waals surface area contributed by atoms with Crippen molar-refractivity contribution < 1.29 is 19.0 Å². The number of carbonyl (C=O) groups is 1. The molecule has 0 bridgehead atoms. The van der Waals surface area contributed by atoms with E-state index in [4.69, 9.17) is 14.2 Å². The molecule has 5 nitrogen and oxygen atoms in total. The molecule has 6 heteroatoms. The van der Waals surface area contributed by atoms with E-state index in [1.54, 1.807) is 18.2 Å². The number of rotatable bonds is 9. The maximum absolute atomic E-state index is 12.8. The summed E-state index contributed by atoms with van der Waals surface area (Å²) in [6, 6.07) is 22.2. The van der Waals surface area contributed by atoms with Crippen molar-refractivity contribution in [2.75, 3.05) is 18.5 Å². The zero-order chi connectivity index (χ0) is 21.3. The van der Waals surface area contributed by atoms with Crippen molar-refractivity contribution in [2.24, 2.45) is 0 Å². The van der Waals surface area contributed by atoms with Crippen LogP contribution in [-0.4, -0.2) is 25.2 Å². The quantitative estimate of drug-likeness (QED) is 0.393. The lowest BCUT2D eigenvalue weighted by atomic mass is 10.1. The van der Waals surface area contributed by atoms with Gasteiger partial charge in [0, 0.05) is 16.2 Å². The topological polar surface area (TPSA) is 56.8 Å². The molecule has 1 N–H and O–H groups in total. The molecule has 0 atom stereocenters. The highest BCUT2D eigenvalue weighted by atomic mass is 79.9. The SMILES string of the molecule is CC(C)Oc1ccc(Br)cc1C(=O)Nc1cccc(OCCOc2ccccc2)c1. The van der Waals surface area contributed by atoms with E-state index in [-0.39, 0.29) is 12.0 Å². The highest BCUT2D eigenvalue weighted by Gasteiger charge is 2.15. The van der Waals surface area contributed by atoms with E-state index in [9.17, 15) is 4.79 Å². The van der Waals surface area contributed by atoms with Crippen LogP contribution in [0.15, 0.2) is 77.3 Å². The first-order valence-electron chi connectivity index (χ1n) is 9.69. The van der Waals surface area contributed by atoms with Gasteiger partial charge >= 0.3 is 0 Å². The Morgan fingerprint density at radius 1 is 0.900 bits per heavy atom. The van der Waals surface area contributed by atoms with Crippen LogP contribution in [0.2, 0.25) is 0 Å². The first kappa shape index (κ1) is 21.7. The minimum absolute atomic E-state index is 0.0347. The molecular weight excluding hydrogens is 446 g/mol. The summed E-state index contributed by atoms with van der Waals surface area (Å²) < 4.78 is 17.9. The van der Waals surface area contributed by atoms with Gasteiger partial charge in [0.1, 0.15) is 30.5 Å². The van der Waals surface area contributed by atoms with Gasteiger partial charge in [-0.3, -0.25) is 4.79 Å². The van der Waals surface area contributed by atoms with Crippen molar-refractivity contribution >= 4 is 27.5 Å². The Hall–Kier alpha value is -2.99. The lowest BCUT2D eigenvalue weighted by Gasteiger charge is -2.15. The number of ether oxygens (including phenoxy) is 3. The molecule has 3 rings (SSSR count). The summed E-state index contributed by atoms with van der Waals surface area (Å²) in [4.78, 5) is 12.8. The Balaban J connectivity index is 1.59. The first-order chi connectivity index (χ1) is 14.5. The van der Waals surface area contributed by atoms with Crippen LogP contribution in [0, 0.1) is 0 Å². The molecule has 0 fully saturated rings. The number of nitrogens with one attached hydrogen (secondary N) is 1. The Morgan fingerprint density at radius 2 is 1.60 bits per heavy atom. The van der Waals surface area contributed by atoms with Crippen molar-refractivity contribution in [3.63, 3.8) is 0 Å². The standard InChI is InChI=1S/C24H24BrNO4/c1-17(2)30-23-12-11-18(25)15-22(23)24(27)26-19-7-6-10-21(16-19)29-14-13-28-20-8-4-3-5-9-20/h3-12,15-17H,13-14H2,1-2H3,(H,26,27). The van der Waals surface area contributed by atoms with Crippen LogP contribution in [0.5, 0.6) is 17.2 Å². The molecule has 0 aromatic heterocycles. The van der Waals surface area contributed by atoms with E-state index in [2.05, 4.69) is 21.2 Å². The summed E-state index contributed by atoms with van der Waals surface area (Å²) in [5.41, 5.74) is 1.10. The van der Waals surface area contributed by atoms with Crippen LogP contribution in [0.3, 0.4) is 0 Å². The van der Waals surface area contributed by atoms with Gasteiger partial charge in [0.25, 0.3) is 5.91 Å². The van der Waals surface area contributed by atoms with Gasteiger partial charge in [-0.25, -0.2) is 0 Å². The molecule has 0 unspecified atom stereocenters. The van der Waals surface area contributed by atoms with Crippen LogP contribution in [0.4, 0.5) is 5.69 Å². The highest BCUT2D eigenvalue weighted by Crippen LogP contribution is 2.26. The number of anilines is 1. The second-order valence-corrected chi connectivity index (χ2v) is 7.71. The predicted molar refractivity (Wildman–Crippen MR) is 122 cm³/mol. The third-order valence-corrected chi connectivity index (χ3v) is 4.50. The Kier molecular flexibility index (Phi) is 7.74. The van der Waals surface area contributed by atoms with Crippen molar-refractivity contribution in [3.8, 4) is 17.2 Å². The molecule has 0 spiro atoms. The molecule has 1 amide bonds. The van der Waals surface area contributed by atoms with Crippen LogP contribution in [0.1, 0.15) is 24.2 Å². The molecular formula is C24H24BrNO4. The number of amides is 1. The van der Waals surface area contributed by atoms with Gasteiger partial charge in [-0.05, 0) is 56.3 Å². The molecule has 0 aliphatic rings. The van der Waals surface area contributed by atoms with E-state index in [0.717, 1.165) is 10.2 Å². The fourth-order valence-corrected chi connectivity index (χ4v) is 3.10. The smallest absolute Gasteiger partial charge is 0.259 e. The fraction of sp³-hybridized carbons (Fsp3) is 0.208. The predicted octanol–water partition coefficient (Wildman–Crippen LogP) is 5.95. The summed E-state index contributed by atoms with van der Waals surface area (Å²) in [6.07, 6.45) is -0.0347. The number of hydrogen-bond acceptors (Lipinski definition) is 4. The monoisotopic (exact) mass is 469 g/mol. The number of carbonyl (C=O) groups excluding carboxylic acids is 1. The van der Waals surface area contributed by atoms with Gasteiger partial charge in [-0.1, -0.05) is 40.2 Å². The first-order valence-corrected chi connectivity index (χ1v) is 10.5. The zero-order valence-corrected chi connectivity index (χ0v) is 18.5. The largest absolute Gasteiger partial charge is 0.490 e. The summed E-state index contributed by atoms with van der Waals surface area (Å²) in [5, 5.41) is 2.90.